The number of Topliss-reactive ketones (excluding diaryl/α,β-unsaturated/α-hetero) is 1. The molecule has 0 saturated heterocycles. The molecule has 1 saturated carbocycles. The Morgan fingerprint density at radius 3 is 2.68 bits per heavy atom. The number of carbonyl (C=O) groups excluding carboxylic acids is 1. The van der Waals surface area contributed by atoms with E-state index >= 15 is 0 Å². The molecule has 1 aromatic heterocycles. The summed E-state index contributed by atoms with van der Waals surface area (Å²) in [6.07, 6.45) is 6.05. The van der Waals surface area contributed by atoms with Gasteiger partial charge >= 0.3 is 0 Å². The highest BCUT2D eigenvalue weighted by Gasteiger charge is 2.24. The zero-order valence-corrected chi connectivity index (χ0v) is 19.6. The average Bonchev–Trinajstić information content (AvgIpc) is 3.42. The van der Waals surface area contributed by atoms with Gasteiger partial charge in [0.05, 0.1) is 18.0 Å². The molecule has 10 heteroatoms. The van der Waals surface area contributed by atoms with E-state index in [1.807, 2.05) is 12.1 Å². The number of nitrogens with zero attached hydrogens (tertiary/aromatic N) is 5. The number of imidazole rings is 1. The molecule has 0 unspecified atom stereocenters. The molecule has 1 aliphatic carbocycles. The molecule has 2 aliphatic heterocycles. The Labute approximate surface area is 210 Å². The lowest BCUT2D eigenvalue weighted by molar-refractivity contribution is -0.121. The number of hydrogen-bond donors (Lipinski definition) is 0. The number of ether oxygens (including phenoxy) is 1. The molecule has 37 heavy (non-hydrogen) atoms. The molecule has 0 N–H and O–H groups in total. The molecule has 3 aliphatic rings. The molecule has 6 rings (SSSR count). The summed E-state index contributed by atoms with van der Waals surface area (Å²) in [4.78, 5) is 20.5. The van der Waals surface area contributed by atoms with Gasteiger partial charge in [0, 0.05) is 18.1 Å². The summed E-state index contributed by atoms with van der Waals surface area (Å²) in [6.45, 7) is 0.370. The Balaban J connectivity index is 1.12. The Morgan fingerprint density at radius 2 is 1.86 bits per heavy atom. The van der Waals surface area contributed by atoms with Crippen LogP contribution in [0.3, 0.4) is 0 Å². The third-order valence-corrected chi connectivity index (χ3v) is 6.15. The summed E-state index contributed by atoms with van der Waals surface area (Å²) in [5.41, 5.74) is 2.42. The van der Waals surface area contributed by atoms with E-state index in [1.54, 1.807) is 29.1 Å². The van der Waals surface area contributed by atoms with Gasteiger partial charge in [-0.05, 0) is 55.2 Å². The number of rotatable bonds is 9. The first kappa shape index (κ1) is 23.0. The quantitative estimate of drug-likeness (QED) is 0.275. The van der Waals surface area contributed by atoms with Crippen LogP contribution >= 0.6 is 0 Å². The Kier molecular flexibility index (Phi) is 5.91. The van der Waals surface area contributed by atoms with Crippen LogP contribution in [0.25, 0.3) is 34.0 Å². The van der Waals surface area contributed by atoms with Crippen molar-refractivity contribution in [3.63, 3.8) is 0 Å². The highest BCUT2D eigenvalue weighted by atomic mass is 19.2. The maximum Gasteiger partial charge on any atom is 0.170 e. The number of halogens is 2. The van der Waals surface area contributed by atoms with Crippen molar-refractivity contribution in [2.45, 2.75) is 25.8 Å². The molecule has 2 aromatic carbocycles. The monoisotopic (exact) mass is 501 g/mol. The standard InChI is InChI=1S/C27H21F2N5O3/c28-22-3-1-2-21(26(22)29)27-31-24-12-30-34(14-25(24)32-27)13-20-11-23(33-37-20)17-6-8-19(9-7-17)36-15-18(35)10-16-4-5-16/h1-3,6-9,11-12,14,16H,4-5,10,13,15H2. The SMILES string of the molecule is O=C(COc1ccc(-c2cc(Cn3cc4nc(-c5cccc(F)c5F)nc-4cn3)on2)cc1)CC1CC1. The fourth-order valence-electron chi connectivity index (χ4n) is 4.02. The summed E-state index contributed by atoms with van der Waals surface area (Å²) in [5, 5.41) is 8.45. The second-order valence-corrected chi connectivity index (χ2v) is 9.07. The van der Waals surface area contributed by atoms with Crippen LogP contribution in [0.1, 0.15) is 25.0 Å². The topological polar surface area (TPSA) is 95.9 Å². The Morgan fingerprint density at radius 1 is 1.05 bits per heavy atom. The van der Waals surface area contributed by atoms with E-state index in [2.05, 4.69) is 20.2 Å². The smallest absolute Gasteiger partial charge is 0.170 e. The first-order valence-corrected chi connectivity index (χ1v) is 11.9. The highest BCUT2D eigenvalue weighted by molar-refractivity contribution is 5.80. The Bertz CT molecular complexity index is 1540. The predicted octanol–water partition coefficient (Wildman–Crippen LogP) is 5.17. The van der Waals surface area contributed by atoms with E-state index in [9.17, 15) is 13.6 Å². The van der Waals surface area contributed by atoms with Gasteiger partial charge in [-0.2, -0.15) is 5.10 Å². The molecule has 1 fully saturated rings. The number of benzene rings is 2. The van der Waals surface area contributed by atoms with E-state index in [1.165, 1.54) is 18.3 Å². The molecule has 0 amide bonds. The van der Waals surface area contributed by atoms with Gasteiger partial charge in [-0.1, -0.05) is 11.2 Å². The molecule has 3 aromatic rings. The summed E-state index contributed by atoms with van der Waals surface area (Å²) in [5.74, 6) is 0.00773. The normalized spacial score (nSPS) is 13.2. The van der Waals surface area contributed by atoms with Crippen molar-refractivity contribution < 1.29 is 22.8 Å². The fraction of sp³-hybridized carbons (Fsp3) is 0.222. The second-order valence-electron chi connectivity index (χ2n) is 9.07. The van der Waals surface area contributed by atoms with Crippen molar-refractivity contribution in [2.24, 2.45) is 5.92 Å². The minimum Gasteiger partial charge on any atom is -0.486 e. The van der Waals surface area contributed by atoms with Crippen molar-refractivity contribution in [3.8, 4) is 39.8 Å². The average molecular weight is 501 g/mol. The fourth-order valence-corrected chi connectivity index (χ4v) is 4.02. The lowest BCUT2D eigenvalue weighted by atomic mass is 10.1. The van der Waals surface area contributed by atoms with Gasteiger partial charge in [0.1, 0.15) is 36.0 Å². The molecular formula is C27H21F2N5O3. The van der Waals surface area contributed by atoms with Crippen molar-refractivity contribution in [1.29, 1.82) is 0 Å². The van der Waals surface area contributed by atoms with E-state index in [4.69, 9.17) is 9.26 Å². The third kappa shape index (κ3) is 5.09. The van der Waals surface area contributed by atoms with Crippen LogP contribution in [0, 0.1) is 17.6 Å². The van der Waals surface area contributed by atoms with E-state index in [0.29, 0.717) is 40.9 Å². The van der Waals surface area contributed by atoms with Crippen LogP contribution in [0.5, 0.6) is 5.75 Å². The van der Waals surface area contributed by atoms with Gasteiger partial charge in [-0.15, -0.1) is 0 Å². The molecule has 0 spiro atoms. The van der Waals surface area contributed by atoms with E-state index < -0.39 is 11.6 Å². The maximum absolute atomic E-state index is 14.1. The zero-order chi connectivity index (χ0) is 25.4. The first-order valence-electron chi connectivity index (χ1n) is 11.9. The molecule has 0 radical (unpaired) electrons. The van der Waals surface area contributed by atoms with Crippen molar-refractivity contribution in [3.05, 3.63) is 78.3 Å². The molecule has 186 valence electrons. The van der Waals surface area contributed by atoms with Gasteiger partial charge in [-0.25, -0.2) is 18.7 Å². The van der Waals surface area contributed by atoms with Crippen LogP contribution in [-0.4, -0.2) is 37.3 Å². The van der Waals surface area contributed by atoms with Gasteiger partial charge in [-0.3, -0.25) is 9.48 Å². The second kappa shape index (κ2) is 9.53. The summed E-state index contributed by atoms with van der Waals surface area (Å²) >= 11 is 0. The maximum atomic E-state index is 14.1. The van der Waals surface area contributed by atoms with Gasteiger partial charge in [0.25, 0.3) is 0 Å². The lowest BCUT2D eigenvalue weighted by Crippen LogP contribution is -2.11. The van der Waals surface area contributed by atoms with Gasteiger partial charge < -0.3 is 9.26 Å². The van der Waals surface area contributed by atoms with Gasteiger partial charge in [0.15, 0.2) is 29.0 Å². The first-order chi connectivity index (χ1) is 18.0. The minimum atomic E-state index is -0.991. The molecular weight excluding hydrogens is 480 g/mol. The zero-order valence-electron chi connectivity index (χ0n) is 19.6. The molecule has 3 heterocycles. The van der Waals surface area contributed by atoms with E-state index in [-0.39, 0.29) is 30.3 Å². The van der Waals surface area contributed by atoms with Crippen LogP contribution in [0.2, 0.25) is 0 Å². The van der Waals surface area contributed by atoms with Crippen LogP contribution in [0.4, 0.5) is 8.78 Å². The number of ketones is 1. The lowest BCUT2D eigenvalue weighted by Gasteiger charge is -2.05. The molecule has 8 nitrogen and oxygen atoms in total. The highest BCUT2D eigenvalue weighted by Crippen LogP contribution is 2.32. The molecule has 0 bridgehead atoms. The predicted molar refractivity (Wildman–Crippen MR) is 129 cm³/mol. The minimum absolute atomic E-state index is 0.0103. The summed E-state index contributed by atoms with van der Waals surface area (Å²) in [6, 6.07) is 13.0. The largest absolute Gasteiger partial charge is 0.486 e. The number of aromatic nitrogens is 5. The number of hydrogen-bond acceptors (Lipinski definition) is 7. The van der Waals surface area contributed by atoms with Crippen molar-refractivity contribution >= 4 is 5.78 Å². The van der Waals surface area contributed by atoms with Crippen molar-refractivity contribution in [1.82, 2.24) is 24.9 Å². The number of carbonyl (C=O) groups is 1. The Hall–Kier alpha value is -4.47. The van der Waals surface area contributed by atoms with Crippen molar-refractivity contribution in [2.75, 3.05) is 6.61 Å². The van der Waals surface area contributed by atoms with E-state index in [0.717, 1.165) is 24.5 Å². The number of fused-ring (bicyclic) bond motifs is 1. The summed E-state index contributed by atoms with van der Waals surface area (Å²) < 4.78 is 40.4. The molecule has 0 atom stereocenters. The van der Waals surface area contributed by atoms with Crippen LogP contribution in [0.15, 0.2) is 65.4 Å². The third-order valence-electron chi connectivity index (χ3n) is 6.15. The van der Waals surface area contributed by atoms with Crippen LogP contribution < -0.4 is 4.74 Å². The van der Waals surface area contributed by atoms with Crippen LogP contribution in [-0.2, 0) is 11.3 Å². The summed E-state index contributed by atoms with van der Waals surface area (Å²) in [7, 11) is 0. The van der Waals surface area contributed by atoms with Gasteiger partial charge in [0.2, 0.25) is 0 Å².